The number of hydrogen-bond donors (Lipinski definition) is 2. The zero-order valence-corrected chi connectivity index (χ0v) is 24.2. The van der Waals surface area contributed by atoms with E-state index in [1.165, 1.54) is 0 Å². The van der Waals surface area contributed by atoms with Crippen molar-refractivity contribution >= 4 is 33.2 Å². The molecule has 2 N–H and O–H groups in total. The monoisotopic (exact) mass is 584 g/mol. The molecule has 0 aliphatic carbocycles. The molecule has 2 bridgehead atoms. The number of ether oxygens (including phenoxy) is 3. The number of nitrogens with one attached hydrogen (secondary N) is 2. The lowest BCUT2D eigenvalue weighted by atomic mass is 10.0. The van der Waals surface area contributed by atoms with Gasteiger partial charge in [-0.15, -0.1) is 0 Å². The highest BCUT2D eigenvalue weighted by molar-refractivity contribution is 5.88. The van der Waals surface area contributed by atoms with Crippen LogP contribution in [0.25, 0.3) is 44.1 Å². The van der Waals surface area contributed by atoms with Crippen molar-refractivity contribution in [3.8, 4) is 33.8 Å². The fraction of sp³-hybridized carbons (Fsp3) is 0.257. The molecule has 0 amide bonds. The molecule has 0 radical (unpaired) electrons. The summed E-state index contributed by atoms with van der Waals surface area (Å²) in [5.74, 6) is 1.66. The summed E-state index contributed by atoms with van der Waals surface area (Å²) >= 11 is 0. The fourth-order valence-electron chi connectivity index (χ4n) is 6.92. The van der Waals surface area contributed by atoms with Crippen LogP contribution < -0.4 is 9.64 Å². The zero-order chi connectivity index (χ0) is 29.0. The Morgan fingerprint density at radius 2 is 1.32 bits per heavy atom. The second-order valence-electron chi connectivity index (χ2n) is 11.9. The summed E-state index contributed by atoms with van der Waals surface area (Å²) in [5, 5.41) is 16.6. The van der Waals surface area contributed by atoms with Gasteiger partial charge in [-0.3, -0.25) is 15.1 Å². The number of aromatic nitrogens is 4. The second-order valence-corrected chi connectivity index (χ2v) is 11.9. The van der Waals surface area contributed by atoms with E-state index in [0.29, 0.717) is 18.8 Å². The fourth-order valence-corrected chi connectivity index (χ4v) is 6.92. The van der Waals surface area contributed by atoms with Gasteiger partial charge >= 0.3 is 0 Å². The van der Waals surface area contributed by atoms with Gasteiger partial charge in [-0.2, -0.15) is 10.2 Å². The van der Waals surface area contributed by atoms with Crippen molar-refractivity contribution in [2.24, 2.45) is 0 Å². The Bertz CT molecular complexity index is 1880. The van der Waals surface area contributed by atoms with Gasteiger partial charge in [0.2, 0.25) is 0 Å². The maximum Gasteiger partial charge on any atom is 0.151 e. The van der Waals surface area contributed by atoms with E-state index < -0.39 is 0 Å². The Morgan fingerprint density at radius 1 is 0.727 bits per heavy atom. The average Bonchev–Trinajstić information content (AvgIpc) is 3.88. The van der Waals surface area contributed by atoms with Crippen molar-refractivity contribution in [2.75, 3.05) is 44.4 Å². The van der Waals surface area contributed by atoms with Crippen LogP contribution in [0, 0.1) is 0 Å². The molecule has 3 aliphatic rings. The van der Waals surface area contributed by atoms with Crippen LogP contribution in [-0.2, 0) is 9.47 Å². The van der Waals surface area contributed by atoms with Crippen molar-refractivity contribution < 1.29 is 14.2 Å². The van der Waals surface area contributed by atoms with E-state index in [9.17, 15) is 0 Å². The molecule has 9 rings (SSSR count). The molecule has 2 aromatic heterocycles. The Kier molecular flexibility index (Phi) is 6.14. The molecule has 2 atom stereocenters. The van der Waals surface area contributed by atoms with Crippen molar-refractivity contribution in [3.63, 3.8) is 0 Å². The average molecular weight is 585 g/mol. The van der Waals surface area contributed by atoms with E-state index in [1.54, 1.807) is 0 Å². The lowest BCUT2D eigenvalue weighted by Crippen LogP contribution is -2.39. The van der Waals surface area contributed by atoms with Gasteiger partial charge in [-0.25, -0.2) is 0 Å². The molecule has 0 saturated carbocycles. The van der Waals surface area contributed by atoms with Gasteiger partial charge in [0.25, 0.3) is 0 Å². The summed E-state index contributed by atoms with van der Waals surface area (Å²) in [7, 11) is 0. The minimum absolute atomic E-state index is 0.416. The zero-order valence-electron chi connectivity index (χ0n) is 24.2. The van der Waals surface area contributed by atoms with Crippen molar-refractivity contribution in [1.29, 1.82) is 0 Å². The number of nitrogens with zero attached hydrogens (tertiary/aromatic N) is 4. The number of benzene rings is 4. The number of H-pyrrole nitrogens is 2. The Morgan fingerprint density at radius 3 is 1.91 bits per heavy atom. The van der Waals surface area contributed by atoms with E-state index in [-0.39, 0.29) is 0 Å². The summed E-state index contributed by atoms with van der Waals surface area (Å²) in [6.45, 7) is 4.91. The number of likely N-dealkylation sites (tertiary alicyclic amines) is 1. The Labute approximate surface area is 254 Å². The highest BCUT2D eigenvalue weighted by Crippen LogP contribution is 2.49. The molecule has 6 aromatic rings. The van der Waals surface area contributed by atoms with Crippen molar-refractivity contribution in [3.05, 3.63) is 85.2 Å². The highest BCUT2D eigenvalue weighted by atomic mass is 16.5. The van der Waals surface area contributed by atoms with Crippen LogP contribution in [0.3, 0.4) is 0 Å². The molecule has 220 valence electrons. The van der Waals surface area contributed by atoms with Gasteiger partial charge in [0.1, 0.15) is 0 Å². The molecular weight excluding hydrogens is 552 g/mol. The molecule has 9 heteroatoms. The highest BCUT2D eigenvalue weighted by Gasteiger charge is 2.38. The third kappa shape index (κ3) is 4.52. The summed E-state index contributed by atoms with van der Waals surface area (Å²) in [5.41, 5.74) is 8.55. The van der Waals surface area contributed by atoms with Gasteiger partial charge in [0.05, 0.1) is 60.7 Å². The number of anilines is 2. The molecule has 3 aliphatic heterocycles. The molecule has 44 heavy (non-hydrogen) atoms. The van der Waals surface area contributed by atoms with Crippen LogP contribution in [0.5, 0.6) is 11.5 Å². The topological polar surface area (TPSA) is 91.5 Å². The van der Waals surface area contributed by atoms with Crippen LogP contribution in [0.1, 0.15) is 6.42 Å². The van der Waals surface area contributed by atoms with Crippen LogP contribution in [0.4, 0.5) is 11.4 Å². The smallest absolute Gasteiger partial charge is 0.151 e. The maximum atomic E-state index is 6.66. The summed E-state index contributed by atoms with van der Waals surface area (Å²) in [6.07, 6.45) is 5.29. The molecular formula is C35H32N6O3. The van der Waals surface area contributed by atoms with Gasteiger partial charge in [-0.1, -0.05) is 24.3 Å². The van der Waals surface area contributed by atoms with Crippen LogP contribution in [0.2, 0.25) is 0 Å². The second kappa shape index (κ2) is 10.5. The standard InChI is InChI=1S/C35H32N6O3/c1-5-30-26(18-36-38-30)13-22(1)24-3-7-32-34(15-24)44-35-16-25(23-2-6-31-27(14-23)19-37-39-31)4-8-33(35)41(32)10-12-42-11-9-40-20-29-17-28(40)21-43-29/h1-8,13-16,18-19,28-29H,9-12,17,20-21H2,(H,36,38)(H,37,39)/t28-,29-/m0/s1. The number of fused-ring (bicyclic) bond motifs is 6. The first-order chi connectivity index (χ1) is 21.7. The molecule has 2 saturated heterocycles. The van der Waals surface area contributed by atoms with E-state index >= 15 is 0 Å². The van der Waals surface area contributed by atoms with E-state index in [4.69, 9.17) is 14.2 Å². The van der Waals surface area contributed by atoms with Crippen molar-refractivity contribution in [2.45, 2.75) is 18.6 Å². The summed E-state index contributed by atoms with van der Waals surface area (Å²) in [6, 6.07) is 26.2. The molecule has 0 spiro atoms. The van der Waals surface area contributed by atoms with Crippen molar-refractivity contribution in [1.82, 2.24) is 25.3 Å². The molecule has 4 aromatic carbocycles. The lowest BCUT2D eigenvalue weighted by molar-refractivity contribution is 0.0163. The third-order valence-electron chi connectivity index (χ3n) is 9.26. The van der Waals surface area contributed by atoms with Gasteiger partial charge in [-0.05, 0) is 77.2 Å². The summed E-state index contributed by atoms with van der Waals surface area (Å²) < 4.78 is 18.6. The minimum Gasteiger partial charge on any atom is -0.453 e. The molecule has 2 fully saturated rings. The predicted octanol–water partition coefficient (Wildman–Crippen LogP) is 6.51. The Balaban J connectivity index is 1.01. The third-order valence-corrected chi connectivity index (χ3v) is 9.26. The van der Waals surface area contributed by atoms with Crippen LogP contribution in [0.15, 0.2) is 85.2 Å². The predicted molar refractivity (Wildman–Crippen MR) is 171 cm³/mol. The van der Waals surface area contributed by atoms with Gasteiger partial charge in [0.15, 0.2) is 11.5 Å². The largest absolute Gasteiger partial charge is 0.453 e. The van der Waals surface area contributed by atoms with Crippen LogP contribution in [-0.4, -0.2) is 76.9 Å². The normalized spacial score (nSPS) is 19.0. The molecule has 9 nitrogen and oxygen atoms in total. The number of hydrogen-bond acceptors (Lipinski definition) is 7. The SMILES string of the molecule is c1cc2c(cc1-c1ccc3[nH]ncc3c1)Oc1cc(-c3ccc4[nH]ncc4c3)ccc1N2CCOCCN1C[C@@H]2C[C@H]1CO2. The number of rotatable bonds is 8. The molecule has 0 unspecified atom stereocenters. The first-order valence-electron chi connectivity index (χ1n) is 15.3. The van der Waals surface area contributed by atoms with E-state index in [1.807, 2.05) is 12.4 Å². The van der Waals surface area contributed by atoms with Gasteiger partial charge < -0.3 is 19.1 Å². The first-order valence-corrected chi connectivity index (χ1v) is 15.3. The Hall–Kier alpha value is -4.70. The maximum absolute atomic E-state index is 6.66. The van der Waals surface area contributed by atoms with Gasteiger partial charge in [0, 0.05) is 36.4 Å². The quantitative estimate of drug-likeness (QED) is 0.197. The lowest BCUT2D eigenvalue weighted by Gasteiger charge is -2.33. The van der Waals surface area contributed by atoms with E-state index in [0.717, 1.165) is 106 Å². The van der Waals surface area contributed by atoms with E-state index in [2.05, 4.69) is 103 Å². The minimum atomic E-state index is 0.416. The summed E-state index contributed by atoms with van der Waals surface area (Å²) in [4.78, 5) is 4.84. The van der Waals surface area contributed by atoms with Crippen LogP contribution >= 0.6 is 0 Å². The number of morpholine rings is 1. The number of aromatic amines is 2. The first kappa shape index (κ1) is 25.8. The molecule has 5 heterocycles.